The van der Waals surface area contributed by atoms with Crippen LogP contribution in [0.25, 0.3) is 0 Å². The van der Waals surface area contributed by atoms with Gasteiger partial charge < -0.3 is 10.6 Å². The molecule has 136 valence electrons. The van der Waals surface area contributed by atoms with E-state index in [0.29, 0.717) is 18.8 Å². The zero-order valence-corrected chi connectivity index (χ0v) is 15.2. The normalized spacial score (nSPS) is 22.5. The first-order chi connectivity index (χ1) is 11.3. The number of aliphatic imine (C=N–C) groups is 1. The molecule has 0 spiro atoms. The van der Waals surface area contributed by atoms with E-state index in [2.05, 4.69) is 20.6 Å². The van der Waals surface area contributed by atoms with Gasteiger partial charge in [0.15, 0.2) is 5.96 Å². The Morgan fingerprint density at radius 2 is 1.92 bits per heavy atom. The fourth-order valence-corrected chi connectivity index (χ4v) is 3.99. The lowest BCUT2D eigenvalue weighted by atomic mass is 9.85. The number of guanidine groups is 1. The van der Waals surface area contributed by atoms with Crippen molar-refractivity contribution in [3.8, 4) is 0 Å². The Labute approximate surface area is 145 Å². The summed E-state index contributed by atoms with van der Waals surface area (Å²) in [6.45, 7) is 4.72. The lowest BCUT2D eigenvalue weighted by molar-refractivity contribution is -0.182. The second-order valence-corrected chi connectivity index (χ2v) is 7.51. The van der Waals surface area contributed by atoms with Gasteiger partial charge in [-0.15, -0.1) is 11.3 Å². The van der Waals surface area contributed by atoms with Crippen molar-refractivity contribution >= 4 is 17.3 Å². The zero-order chi connectivity index (χ0) is 17.7. The van der Waals surface area contributed by atoms with Crippen molar-refractivity contribution in [3.63, 3.8) is 0 Å². The summed E-state index contributed by atoms with van der Waals surface area (Å²) < 4.78 is 38.1. The summed E-state index contributed by atoms with van der Waals surface area (Å²) >= 11 is 1.69. The number of halogens is 3. The van der Waals surface area contributed by atoms with E-state index in [1.165, 1.54) is 4.88 Å². The Bertz CT molecular complexity index is 560. The maximum absolute atomic E-state index is 12.7. The van der Waals surface area contributed by atoms with Crippen molar-refractivity contribution in [1.82, 2.24) is 15.6 Å². The number of aromatic nitrogens is 1. The molecule has 0 aromatic carbocycles. The number of aryl methyl sites for hydroxylation is 2. The van der Waals surface area contributed by atoms with Crippen molar-refractivity contribution in [2.24, 2.45) is 10.9 Å². The van der Waals surface area contributed by atoms with E-state index < -0.39 is 12.1 Å². The summed E-state index contributed by atoms with van der Waals surface area (Å²) in [4.78, 5) is 9.82. The van der Waals surface area contributed by atoms with Crippen molar-refractivity contribution in [2.75, 3.05) is 13.6 Å². The van der Waals surface area contributed by atoms with Crippen LogP contribution in [0.1, 0.15) is 41.3 Å². The summed E-state index contributed by atoms with van der Waals surface area (Å²) in [6.07, 6.45) is -1.76. The van der Waals surface area contributed by atoms with Crippen LogP contribution in [0.2, 0.25) is 0 Å². The first-order valence-corrected chi connectivity index (χ1v) is 9.08. The van der Waals surface area contributed by atoms with Crippen LogP contribution < -0.4 is 10.6 Å². The van der Waals surface area contributed by atoms with Crippen molar-refractivity contribution in [1.29, 1.82) is 0 Å². The number of alkyl halides is 3. The van der Waals surface area contributed by atoms with E-state index in [1.807, 2.05) is 13.8 Å². The van der Waals surface area contributed by atoms with Gasteiger partial charge in [0.05, 0.1) is 16.6 Å². The van der Waals surface area contributed by atoms with E-state index in [9.17, 15) is 13.2 Å². The molecule has 1 aromatic heterocycles. The van der Waals surface area contributed by atoms with E-state index in [0.717, 1.165) is 23.7 Å². The average molecular weight is 362 g/mol. The predicted octanol–water partition coefficient (Wildman–Crippen LogP) is 3.59. The van der Waals surface area contributed by atoms with Gasteiger partial charge in [-0.25, -0.2) is 4.98 Å². The third kappa shape index (κ3) is 5.36. The highest BCUT2D eigenvalue weighted by Crippen LogP contribution is 2.37. The summed E-state index contributed by atoms with van der Waals surface area (Å²) in [5.74, 6) is -0.493. The van der Waals surface area contributed by atoms with Gasteiger partial charge in [-0.1, -0.05) is 0 Å². The van der Waals surface area contributed by atoms with Gasteiger partial charge in [0.25, 0.3) is 0 Å². The smallest absolute Gasteiger partial charge is 0.356 e. The molecule has 0 unspecified atom stereocenters. The first-order valence-electron chi connectivity index (χ1n) is 8.26. The molecule has 0 radical (unpaired) electrons. The number of nitrogens with one attached hydrogen (secondary N) is 2. The van der Waals surface area contributed by atoms with Crippen LogP contribution in [0, 0.1) is 19.8 Å². The largest absolute Gasteiger partial charge is 0.391 e. The molecule has 4 nitrogen and oxygen atoms in total. The standard InChI is InChI=1S/C16H25F3N4S/c1-10-14(24-11(2)22-10)8-9-21-15(20-3)23-13-6-4-12(5-7-13)16(17,18)19/h12-13H,4-9H2,1-3H3,(H2,20,21,23). The van der Waals surface area contributed by atoms with Crippen LogP contribution in [0.15, 0.2) is 4.99 Å². The molecule has 24 heavy (non-hydrogen) atoms. The Kier molecular flexibility index (Phi) is 6.48. The SMILES string of the molecule is CN=C(NCCc1sc(C)nc1C)NC1CCC(C(F)(F)F)CC1. The third-order valence-corrected chi connectivity index (χ3v) is 5.53. The summed E-state index contributed by atoms with van der Waals surface area (Å²) in [5, 5.41) is 7.54. The fraction of sp³-hybridized carbons (Fsp3) is 0.750. The molecule has 0 saturated heterocycles. The van der Waals surface area contributed by atoms with Gasteiger partial charge in [0, 0.05) is 30.9 Å². The molecule has 2 rings (SSSR count). The Morgan fingerprint density at radius 1 is 1.25 bits per heavy atom. The number of thiazole rings is 1. The lowest BCUT2D eigenvalue weighted by Gasteiger charge is -2.31. The lowest BCUT2D eigenvalue weighted by Crippen LogP contribution is -2.46. The van der Waals surface area contributed by atoms with E-state index >= 15 is 0 Å². The zero-order valence-electron chi connectivity index (χ0n) is 14.3. The van der Waals surface area contributed by atoms with E-state index in [-0.39, 0.29) is 18.9 Å². The van der Waals surface area contributed by atoms with Crippen LogP contribution in [-0.4, -0.2) is 36.8 Å². The second kappa shape index (κ2) is 8.18. The molecule has 1 heterocycles. The highest BCUT2D eigenvalue weighted by molar-refractivity contribution is 7.11. The molecule has 1 aliphatic rings. The monoisotopic (exact) mass is 362 g/mol. The minimum Gasteiger partial charge on any atom is -0.356 e. The van der Waals surface area contributed by atoms with Crippen LogP contribution >= 0.6 is 11.3 Å². The summed E-state index contributed by atoms with van der Waals surface area (Å²) in [5.41, 5.74) is 1.06. The molecule has 0 atom stereocenters. The average Bonchev–Trinajstić information content (AvgIpc) is 2.83. The summed E-state index contributed by atoms with van der Waals surface area (Å²) in [6, 6.07) is 0.0576. The number of hydrogen-bond acceptors (Lipinski definition) is 3. The molecule has 1 fully saturated rings. The molecule has 0 amide bonds. The molecular weight excluding hydrogens is 337 g/mol. The maximum atomic E-state index is 12.7. The Hall–Kier alpha value is -1.31. The highest BCUT2D eigenvalue weighted by Gasteiger charge is 2.41. The molecule has 0 bridgehead atoms. The Balaban J connectivity index is 1.74. The van der Waals surface area contributed by atoms with E-state index in [1.54, 1.807) is 18.4 Å². The van der Waals surface area contributed by atoms with Crippen molar-refractivity contribution in [3.05, 3.63) is 15.6 Å². The molecule has 2 N–H and O–H groups in total. The summed E-state index contributed by atoms with van der Waals surface area (Å²) in [7, 11) is 1.68. The molecule has 8 heteroatoms. The quantitative estimate of drug-likeness (QED) is 0.636. The van der Waals surface area contributed by atoms with Gasteiger partial charge in [-0.2, -0.15) is 13.2 Å². The molecule has 1 aliphatic carbocycles. The van der Waals surface area contributed by atoms with Gasteiger partial charge >= 0.3 is 6.18 Å². The number of hydrogen-bond donors (Lipinski definition) is 2. The second-order valence-electron chi connectivity index (χ2n) is 6.22. The van der Waals surface area contributed by atoms with Gasteiger partial charge in [-0.3, -0.25) is 4.99 Å². The van der Waals surface area contributed by atoms with Crippen molar-refractivity contribution < 1.29 is 13.2 Å². The van der Waals surface area contributed by atoms with Crippen LogP contribution in [0.5, 0.6) is 0 Å². The number of nitrogens with zero attached hydrogens (tertiary/aromatic N) is 2. The molecule has 1 saturated carbocycles. The van der Waals surface area contributed by atoms with Crippen LogP contribution in [0.4, 0.5) is 13.2 Å². The fourth-order valence-electron chi connectivity index (χ4n) is 3.05. The van der Waals surface area contributed by atoms with Gasteiger partial charge in [-0.05, 0) is 39.5 Å². The maximum Gasteiger partial charge on any atom is 0.391 e. The van der Waals surface area contributed by atoms with Crippen LogP contribution in [-0.2, 0) is 6.42 Å². The highest BCUT2D eigenvalue weighted by atomic mass is 32.1. The predicted molar refractivity (Wildman–Crippen MR) is 91.6 cm³/mol. The molecular formula is C16H25F3N4S. The third-order valence-electron chi connectivity index (χ3n) is 4.40. The minimum atomic E-state index is -4.06. The number of rotatable bonds is 4. The van der Waals surface area contributed by atoms with Gasteiger partial charge in [0.2, 0.25) is 0 Å². The van der Waals surface area contributed by atoms with Gasteiger partial charge in [0.1, 0.15) is 0 Å². The first kappa shape index (κ1) is 19.0. The van der Waals surface area contributed by atoms with E-state index in [4.69, 9.17) is 0 Å². The van der Waals surface area contributed by atoms with Crippen molar-refractivity contribution in [2.45, 2.75) is 58.2 Å². The molecule has 1 aromatic rings. The van der Waals surface area contributed by atoms with Crippen LogP contribution in [0.3, 0.4) is 0 Å². The Morgan fingerprint density at radius 3 is 2.42 bits per heavy atom. The molecule has 0 aliphatic heterocycles. The topological polar surface area (TPSA) is 49.3 Å². The minimum absolute atomic E-state index is 0.0576.